The van der Waals surface area contributed by atoms with Crippen LogP contribution in [0.25, 0.3) is 0 Å². The summed E-state index contributed by atoms with van der Waals surface area (Å²) in [7, 11) is 0. The van der Waals surface area contributed by atoms with Crippen LogP contribution in [0.1, 0.15) is 18.9 Å². The first-order chi connectivity index (χ1) is 12.1. The summed E-state index contributed by atoms with van der Waals surface area (Å²) in [6.07, 6.45) is 0.466. The summed E-state index contributed by atoms with van der Waals surface area (Å²) in [6.45, 7) is 4.60. The van der Waals surface area contributed by atoms with E-state index in [9.17, 15) is 4.79 Å². The van der Waals surface area contributed by atoms with Crippen LogP contribution in [0.3, 0.4) is 0 Å². The van der Waals surface area contributed by atoms with Crippen molar-refractivity contribution in [1.82, 2.24) is 10.2 Å². The number of hydrogen-bond acceptors (Lipinski definition) is 3. The van der Waals surface area contributed by atoms with Gasteiger partial charge in [0, 0.05) is 30.1 Å². The van der Waals surface area contributed by atoms with E-state index in [0.717, 1.165) is 30.5 Å². The number of hydrogen-bond donors (Lipinski definition) is 1. The third kappa shape index (κ3) is 5.31. The van der Waals surface area contributed by atoms with Crippen LogP contribution in [-0.2, 0) is 11.3 Å². The van der Waals surface area contributed by atoms with Gasteiger partial charge in [0.05, 0.1) is 0 Å². The van der Waals surface area contributed by atoms with Gasteiger partial charge in [0.25, 0.3) is 5.91 Å². The highest BCUT2D eigenvalue weighted by atomic mass is 79.9. The predicted octanol–water partition coefficient (Wildman–Crippen LogP) is 3.61. The summed E-state index contributed by atoms with van der Waals surface area (Å²) in [5.41, 5.74) is 1.31. The summed E-state index contributed by atoms with van der Waals surface area (Å²) in [5, 5.41) is 3.11. The molecule has 1 saturated heterocycles. The van der Waals surface area contributed by atoms with Gasteiger partial charge >= 0.3 is 0 Å². The van der Waals surface area contributed by atoms with Gasteiger partial charge in [-0.2, -0.15) is 0 Å². The highest BCUT2D eigenvalue weighted by Crippen LogP contribution is 2.18. The lowest BCUT2D eigenvalue weighted by Crippen LogP contribution is -2.43. The minimum atomic E-state index is -0.510. The monoisotopic (exact) mass is 402 g/mol. The van der Waals surface area contributed by atoms with Gasteiger partial charge < -0.3 is 10.1 Å². The third-order valence-corrected chi connectivity index (χ3v) is 4.89. The number of nitrogens with one attached hydrogen (secondary N) is 1. The first-order valence-electron chi connectivity index (χ1n) is 8.59. The number of halogens is 1. The molecule has 0 bridgehead atoms. The van der Waals surface area contributed by atoms with E-state index in [1.807, 2.05) is 30.3 Å². The minimum Gasteiger partial charge on any atom is -0.481 e. The van der Waals surface area contributed by atoms with Gasteiger partial charge in [-0.3, -0.25) is 9.69 Å². The van der Waals surface area contributed by atoms with Crippen molar-refractivity contribution in [2.45, 2.75) is 32.0 Å². The zero-order valence-corrected chi connectivity index (χ0v) is 15.9. The zero-order chi connectivity index (χ0) is 17.6. The van der Waals surface area contributed by atoms with Gasteiger partial charge in [-0.25, -0.2) is 0 Å². The molecule has 1 heterocycles. The lowest BCUT2D eigenvalue weighted by molar-refractivity contribution is -0.127. The topological polar surface area (TPSA) is 41.6 Å². The maximum atomic E-state index is 12.4. The molecule has 0 aliphatic carbocycles. The van der Waals surface area contributed by atoms with Crippen molar-refractivity contribution >= 4 is 21.8 Å². The predicted molar refractivity (Wildman–Crippen MR) is 102 cm³/mol. The number of rotatable bonds is 6. The zero-order valence-electron chi connectivity index (χ0n) is 14.3. The molecule has 132 valence electrons. The Morgan fingerprint density at radius 2 is 1.96 bits per heavy atom. The average molecular weight is 403 g/mol. The second-order valence-electron chi connectivity index (χ2n) is 6.43. The Morgan fingerprint density at radius 1 is 1.24 bits per heavy atom. The van der Waals surface area contributed by atoms with E-state index in [1.54, 1.807) is 6.92 Å². The smallest absolute Gasteiger partial charge is 0.261 e. The van der Waals surface area contributed by atoms with Crippen molar-refractivity contribution in [2.75, 3.05) is 13.1 Å². The fourth-order valence-corrected chi connectivity index (χ4v) is 3.29. The molecule has 1 aliphatic rings. The molecule has 2 aromatic rings. The van der Waals surface area contributed by atoms with Crippen LogP contribution >= 0.6 is 15.9 Å². The Hall–Kier alpha value is -1.85. The molecule has 1 fully saturated rings. The minimum absolute atomic E-state index is 0.0607. The molecular formula is C20H23BrN2O2. The van der Waals surface area contributed by atoms with E-state index >= 15 is 0 Å². The molecule has 3 rings (SSSR count). The molecule has 1 aliphatic heterocycles. The van der Waals surface area contributed by atoms with Crippen LogP contribution < -0.4 is 10.1 Å². The number of carbonyl (C=O) groups is 1. The average Bonchev–Trinajstić information content (AvgIpc) is 3.04. The Bertz CT molecular complexity index is 691. The summed E-state index contributed by atoms with van der Waals surface area (Å²) in [6, 6.07) is 18.1. The molecule has 2 unspecified atom stereocenters. The van der Waals surface area contributed by atoms with E-state index in [1.165, 1.54) is 5.56 Å². The lowest BCUT2D eigenvalue weighted by atomic mass is 10.2. The van der Waals surface area contributed by atoms with Gasteiger partial charge in [0.1, 0.15) is 5.75 Å². The van der Waals surface area contributed by atoms with Crippen molar-refractivity contribution < 1.29 is 9.53 Å². The van der Waals surface area contributed by atoms with Gasteiger partial charge in [0.2, 0.25) is 0 Å². The number of nitrogens with zero attached hydrogens (tertiary/aromatic N) is 1. The largest absolute Gasteiger partial charge is 0.481 e. The van der Waals surface area contributed by atoms with E-state index in [-0.39, 0.29) is 11.9 Å². The normalized spacial score (nSPS) is 18.7. The highest BCUT2D eigenvalue weighted by molar-refractivity contribution is 9.10. The molecule has 2 atom stereocenters. The van der Waals surface area contributed by atoms with Crippen LogP contribution in [-0.4, -0.2) is 36.0 Å². The van der Waals surface area contributed by atoms with Crippen LogP contribution in [0, 0.1) is 0 Å². The summed E-state index contributed by atoms with van der Waals surface area (Å²) < 4.78 is 6.70. The van der Waals surface area contributed by atoms with Crippen molar-refractivity contribution in [3.8, 4) is 5.75 Å². The molecule has 1 amide bonds. The SMILES string of the molecule is CC(Oc1ccc(Br)cc1)C(=O)NC1CCN(Cc2ccccc2)C1. The van der Waals surface area contributed by atoms with Crippen molar-refractivity contribution in [3.63, 3.8) is 0 Å². The van der Waals surface area contributed by atoms with Gasteiger partial charge in [-0.15, -0.1) is 0 Å². The van der Waals surface area contributed by atoms with Gasteiger partial charge in [-0.1, -0.05) is 46.3 Å². The van der Waals surface area contributed by atoms with Crippen LogP contribution in [0.4, 0.5) is 0 Å². The van der Waals surface area contributed by atoms with Crippen molar-refractivity contribution in [1.29, 1.82) is 0 Å². The van der Waals surface area contributed by atoms with Crippen LogP contribution in [0.15, 0.2) is 59.1 Å². The maximum absolute atomic E-state index is 12.4. The Balaban J connectivity index is 1.45. The second-order valence-corrected chi connectivity index (χ2v) is 7.34. The Labute approximate surface area is 157 Å². The standard InChI is InChI=1S/C20H23BrN2O2/c1-15(25-19-9-7-17(21)8-10-19)20(24)22-18-11-12-23(14-18)13-16-5-3-2-4-6-16/h2-10,15,18H,11-14H2,1H3,(H,22,24). The molecule has 0 radical (unpaired) electrons. The number of ether oxygens (including phenoxy) is 1. The van der Waals surface area contributed by atoms with Gasteiger partial charge in [-0.05, 0) is 43.2 Å². The molecule has 4 nitrogen and oxygen atoms in total. The van der Waals surface area contributed by atoms with E-state index in [4.69, 9.17) is 4.74 Å². The highest BCUT2D eigenvalue weighted by Gasteiger charge is 2.26. The number of likely N-dealkylation sites (tertiary alicyclic amines) is 1. The molecule has 1 N–H and O–H groups in total. The second kappa shape index (κ2) is 8.50. The maximum Gasteiger partial charge on any atom is 0.261 e. The number of benzene rings is 2. The fourth-order valence-electron chi connectivity index (χ4n) is 3.03. The van der Waals surface area contributed by atoms with E-state index in [0.29, 0.717) is 5.75 Å². The first-order valence-corrected chi connectivity index (χ1v) is 9.38. The molecule has 0 spiro atoms. The number of amides is 1. The first kappa shape index (κ1) is 18.0. The molecule has 5 heteroatoms. The summed E-state index contributed by atoms with van der Waals surface area (Å²) in [5.74, 6) is 0.637. The summed E-state index contributed by atoms with van der Waals surface area (Å²) in [4.78, 5) is 14.7. The van der Waals surface area contributed by atoms with E-state index in [2.05, 4.69) is 50.4 Å². The molecular weight excluding hydrogens is 380 g/mol. The van der Waals surface area contributed by atoms with E-state index < -0.39 is 6.10 Å². The van der Waals surface area contributed by atoms with Crippen LogP contribution in [0.2, 0.25) is 0 Å². The third-order valence-electron chi connectivity index (χ3n) is 4.36. The number of carbonyl (C=O) groups excluding carboxylic acids is 1. The van der Waals surface area contributed by atoms with Gasteiger partial charge in [0.15, 0.2) is 6.10 Å². The molecule has 0 saturated carbocycles. The quantitative estimate of drug-likeness (QED) is 0.802. The fraction of sp³-hybridized carbons (Fsp3) is 0.350. The molecule has 25 heavy (non-hydrogen) atoms. The van der Waals surface area contributed by atoms with Crippen molar-refractivity contribution in [2.24, 2.45) is 0 Å². The van der Waals surface area contributed by atoms with Crippen LogP contribution in [0.5, 0.6) is 5.75 Å². The Morgan fingerprint density at radius 3 is 2.68 bits per heavy atom. The molecule has 0 aromatic heterocycles. The summed E-state index contributed by atoms with van der Waals surface area (Å²) >= 11 is 3.39. The lowest BCUT2D eigenvalue weighted by Gasteiger charge is -2.19. The van der Waals surface area contributed by atoms with Crippen molar-refractivity contribution in [3.05, 3.63) is 64.6 Å². The Kier molecular flexibility index (Phi) is 6.10. The molecule has 2 aromatic carbocycles.